The molecule has 3 aromatic heterocycles. The lowest BCUT2D eigenvalue weighted by Gasteiger charge is -2.17. The second-order valence-corrected chi connectivity index (χ2v) is 12.5. The van der Waals surface area contributed by atoms with Crippen LogP contribution in [0.5, 0.6) is 5.75 Å². The molecular formula is C34H32FN7O3S2. The van der Waals surface area contributed by atoms with Gasteiger partial charge in [0.05, 0.1) is 35.1 Å². The predicted octanol–water partition coefficient (Wildman–Crippen LogP) is 6.58. The highest BCUT2D eigenvalue weighted by atomic mass is 32.1. The summed E-state index contributed by atoms with van der Waals surface area (Å²) in [5, 5.41) is 29.4. The van der Waals surface area contributed by atoms with Crippen molar-refractivity contribution < 1.29 is 19.0 Å². The van der Waals surface area contributed by atoms with Gasteiger partial charge in [0, 0.05) is 16.9 Å². The Labute approximate surface area is 279 Å². The molecule has 1 atom stereocenters. The number of rotatable bonds is 14. The number of thiazole rings is 2. The number of hydrogen-bond donors (Lipinski definition) is 4. The van der Waals surface area contributed by atoms with E-state index in [1.54, 1.807) is 19.2 Å². The number of halogens is 1. The van der Waals surface area contributed by atoms with Crippen molar-refractivity contribution in [2.24, 2.45) is 0 Å². The van der Waals surface area contributed by atoms with E-state index in [-0.39, 0.29) is 24.1 Å². The Morgan fingerprint density at radius 3 is 2.72 bits per heavy atom. The number of carbonyl (C=O) groups is 1. The highest BCUT2D eigenvalue weighted by Crippen LogP contribution is 2.32. The van der Waals surface area contributed by atoms with E-state index in [0.717, 1.165) is 15.8 Å². The van der Waals surface area contributed by atoms with Gasteiger partial charge in [0.15, 0.2) is 33.3 Å². The van der Waals surface area contributed by atoms with Gasteiger partial charge in [-0.15, -0.1) is 28.8 Å². The summed E-state index contributed by atoms with van der Waals surface area (Å²) < 4.78 is 21.2. The lowest BCUT2D eigenvalue weighted by Crippen LogP contribution is -2.14. The van der Waals surface area contributed by atoms with Crippen molar-refractivity contribution in [1.29, 1.82) is 0 Å². The first kappa shape index (κ1) is 33.3. The van der Waals surface area contributed by atoms with Crippen LogP contribution < -0.4 is 20.7 Å². The van der Waals surface area contributed by atoms with Gasteiger partial charge in [-0.05, 0) is 75.2 Å². The molecule has 0 bridgehead atoms. The maximum Gasteiger partial charge on any atom is 0.355 e. The van der Waals surface area contributed by atoms with E-state index >= 15 is 0 Å². The number of carboxylic acid groups (broad SMARTS) is 1. The van der Waals surface area contributed by atoms with Crippen LogP contribution in [-0.4, -0.2) is 51.4 Å². The van der Waals surface area contributed by atoms with Crippen LogP contribution in [0.15, 0.2) is 48.5 Å². The summed E-state index contributed by atoms with van der Waals surface area (Å²) in [4.78, 5) is 21.6. The van der Waals surface area contributed by atoms with Crippen LogP contribution in [-0.2, 0) is 6.42 Å². The molecule has 1 unspecified atom stereocenters. The quantitative estimate of drug-likeness (QED) is 0.0759. The van der Waals surface area contributed by atoms with Crippen LogP contribution in [0.4, 0.5) is 20.5 Å². The Morgan fingerprint density at radius 1 is 1.13 bits per heavy atom. The number of nitrogens with one attached hydrogen (secondary N) is 3. The van der Waals surface area contributed by atoms with Crippen LogP contribution >= 0.6 is 22.7 Å². The molecule has 10 nitrogen and oxygen atoms in total. The summed E-state index contributed by atoms with van der Waals surface area (Å²) in [5.41, 5.74) is 2.93. The number of anilines is 3. The highest BCUT2D eigenvalue weighted by Gasteiger charge is 2.22. The number of terminal acetylenes is 1. The molecule has 5 rings (SSSR count). The summed E-state index contributed by atoms with van der Waals surface area (Å²) in [6.45, 7) is 2.62. The summed E-state index contributed by atoms with van der Waals surface area (Å²) in [6, 6.07) is 14.0. The monoisotopic (exact) mass is 669 g/mol. The minimum Gasteiger partial charge on any atom is -0.491 e. The van der Waals surface area contributed by atoms with E-state index in [1.807, 2.05) is 37.3 Å². The first-order valence-electron chi connectivity index (χ1n) is 14.8. The third-order valence-electron chi connectivity index (χ3n) is 6.89. The Kier molecular flexibility index (Phi) is 11.3. The molecule has 0 radical (unpaired) electrons. The Balaban J connectivity index is 1.24. The van der Waals surface area contributed by atoms with E-state index in [9.17, 15) is 14.3 Å². The van der Waals surface area contributed by atoms with Gasteiger partial charge in [-0.25, -0.2) is 19.2 Å². The number of para-hydroxylation sites is 1. The summed E-state index contributed by atoms with van der Waals surface area (Å²) in [7, 11) is 1.79. The number of aryl methyl sites for hydroxylation is 2. The highest BCUT2D eigenvalue weighted by molar-refractivity contribution is 7.22. The Hall–Kier alpha value is -5.08. The topological polar surface area (TPSA) is 134 Å². The molecule has 0 saturated carbocycles. The second kappa shape index (κ2) is 16.0. The molecule has 0 spiro atoms. The van der Waals surface area contributed by atoms with Gasteiger partial charge in [0.1, 0.15) is 0 Å². The molecule has 0 aliphatic heterocycles. The minimum absolute atomic E-state index is 0.0403. The maximum absolute atomic E-state index is 14.5. The fourth-order valence-corrected chi connectivity index (χ4v) is 6.50. The van der Waals surface area contributed by atoms with E-state index in [4.69, 9.17) is 11.2 Å². The molecule has 0 aliphatic rings. The van der Waals surface area contributed by atoms with Crippen molar-refractivity contribution in [2.45, 2.75) is 38.6 Å². The van der Waals surface area contributed by atoms with Crippen molar-refractivity contribution >= 4 is 54.9 Å². The molecule has 240 valence electrons. The minimum atomic E-state index is -1.13. The number of fused-ring (bicyclic) bond motifs is 1. The van der Waals surface area contributed by atoms with Gasteiger partial charge in [0.25, 0.3) is 0 Å². The number of hydrogen-bond acceptors (Lipinski definition) is 11. The number of ether oxygens (including phenoxy) is 1. The fraction of sp³-hybridized carbons (Fsp3) is 0.265. The van der Waals surface area contributed by atoms with Crippen molar-refractivity contribution in [3.63, 3.8) is 0 Å². The SMILES string of the molecule is C#CCCC(Nc1nc(C(=O)O)c(CCCOc2ccc(C#CCNC)cc2F)s1)c1cc(C)c(Nc2nc3ccccc3s2)nn1. The Morgan fingerprint density at radius 2 is 1.98 bits per heavy atom. The molecule has 4 N–H and O–H groups in total. The van der Waals surface area contributed by atoms with E-state index in [1.165, 1.54) is 28.7 Å². The lowest BCUT2D eigenvalue weighted by molar-refractivity contribution is 0.0690. The van der Waals surface area contributed by atoms with Crippen LogP contribution in [0, 0.1) is 36.9 Å². The number of nitrogens with zero attached hydrogens (tertiary/aromatic N) is 4. The van der Waals surface area contributed by atoms with Gasteiger partial charge in [-0.1, -0.05) is 35.3 Å². The van der Waals surface area contributed by atoms with Gasteiger partial charge in [-0.3, -0.25) is 0 Å². The van der Waals surface area contributed by atoms with Gasteiger partial charge >= 0.3 is 5.97 Å². The molecule has 3 heterocycles. The average molecular weight is 670 g/mol. The molecular weight excluding hydrogens is 638 g/mol. The molecule has 2 aromatic carbocycles. The molecule has 0 saturated heterocycles. The van der Waals surface area contributed by atoms with Crippen molar-refractivity contribution in [3.05, 3.63) is 81.7 Å². The smallest absolute Gasteiger partial charge is 0.355 e. The zero-order valence-corrected chi connectivity index (χ0v) is 27.4. The average Bonchev–Trinajstić information content (AvgIpc) is 3.67. The number of carboxylic acids is 1. The van der Waals surface area contributed by atoms with Gasteiger partial charge in [0.2, 0.25) is 0 Å². The van der Waals surface area contributed by atoms with E-state index < -0.39 is 11.8 Å². The third kappa shape index (κ3) is 8.80. The lowest BCUT2D eigenvalue weighted by atomic mass is 10.1. The number of aromatic carboxylic acids is 1. The standard InChI is InChI=1S/C34H32FN7O3S2/c1-4-5-11-24(26-19-21(2)31(42-41-26)40-34-38-25-12-6-7-13-28(25)46-34)37-33-39-30(32(43)44)29(47-33)14-9-18-45-27-16-15-22(20-23(27)35)10-8-17-36-3/h1,6-7,12-13,15-16,19-20,24,36H,5,9,11,14,17-18H2,2-3H3,(H,37,39)(H,43,44)(H,38,40,42). The number of benzene rings is 2. The molecule has 0 amide bonds. The zero-order valence-electron chi connectivity index (χ0n) is 25.8. The predicted molar refractivity (Wildman–Crippen MR) is 184 cm³/mol. The number of aromatic nitrogens is 4. The molecule has 0 aliphatic carbocycles. The van der Waals surface area contributed by atoms with Crippen LogP contribution in [0.2, 0.25) is 0 Å². The molecule has 13 heteroatoms. The molecule has 5 aromatic rings. The van der Waals surface area contributed by atoms with Gasteiger partial charge in [-0.2, -0.15) is 5.10 Å². The summed E-state index contributed by atoms with van der Waals surface area (Å²) in [6.07, 6.45) is 7.42. The van der Waals surface area contributed by atoms with Crippen LogP contribution in [0.3, 0.4) is 0 Å². The summed E-state index contributed by atoms with van der Waals surface area (Å²) >= 11 is 2.77. The van der Waals surface area contributed by atoms with Crippen LogP contribution in [0.1, 0.15) is 57.5 Å². The van der Waals surface area contributed by atoms with Crippen molar-refractivity contribution in [3.8, 4) is 29.9 Å². The normalized spacial score (nSPS) is 11.4. The van der Waals surface area contributed by atoms with E-state index in [0.29, 0.717) is 64.4 Å². The van der Waals surface area contributed by atoms with Crippen LogP contribution in [0.25, 0.3) is 10.2 Å². The summed E-state index contributed by atoms with van der Waals surface area (Å²) in [5.74, 6) is 7.49. The first-order valence-corrected chi connectivity index (χ1v) is 16.4. The fourth-order valence-electron chi connectivity index (χ4n) is 4.59. The van der Waals surface area contributed by atoms with Crippen molar-refractivity contribution in [1.82, 2.24) is 25.5 Å². The maximum atomic E-state index is 14.5. The second-order valence-electron chi connectivity index (χ2n) is 10.4. The first-order chi connectivity index (χ1) is 22.8. The molecule has 0 fully saturated rings. The van der Waals surface area contributed by atoms with Gasteiger partial charge < -0.3 is 25.8 Å². The zero-order chi connectivity index (χ0) is 33.2. The third-order valence-corrected chi connectivity index (χ3v) is 8.89. The Bertz CT molecular complexity index is 1940. The van der Waals surface area contributed by atoms with E-state index in [2.05, 4.69) is 53.9 Å². The van der Waals surface area contributed by atoms with Crippen molar-refractivity contribution in [2.75, 3.05) is 30.8 Å². The largest absolute Gasteiger partial charge is 0.491 e. The molecule has 47 heavy (non-hydrogen) atoms.